The van der Waals surface area contributed by atoms with Crippen molar-refractivity contribution in [3.8, 4) is 6.07 Å². The van der Waals surface area contributed by atoms with Crippen molar-refractivity contribution in [3.05, 3.63) is 30.2 Å². The van der Waals surface area contributed by atoms with Crippen LogP contribution in [0.3, 0.4) is 0 Å². The van der Waals surface area contributed by atoms with Crippen molar-refractivity contribution in [2.75, 3.05) is 32.1 Å². The molecule has 6 heteroatoms. The second-order valence-electron chi connectivity index (χ2n) is 6.26. The highest BCUT2D eigenvalue weighted by atomic mass is 15.2. The Kier molecular flexibility index (Phi) is 3.17. The van der Waals surface area contributed by atoms with Crippen molar-refractivity contribution >= 4 is 27.6 Å². The van der Waals surface area contributed by atoms with E-state index in [1.54, 1.807) is 6.20 Å². The molecule has 0 spiro atoms. The van der Waals surface area contributed by atoms with Gasteiger partial charge in [0.05, 0.1) is 17.1 Å². The summed E-state index contributed by atoms with van der Waals surface area (Å²) in [5, 5.41) is 11.2. The topological polar surface area (TPSA) is 71.8 Å². The van der Waals surface area contributed by atoms with Crippen LogP contribution < -0.4 is 4.90 Å². The molecule has 4 heterocycles. The van der Waals surface area contributed by atoms with Gasteiger partial charge in [0, 0.05) is 36.4 Å². The maximum Gasteiger partial charge on any atom is 0.141 e. The highest BCUT2D eigenvalue weighted by Crippen LogP contribution is 2.34. The standard InChI is InChI=1S/C17H18N6/c1-22(2)12-4-6-23(10-12)15-3-5-19-17-16(15)13-7-11(8-18)20-9-14(13)21-17/h3,5,7,9,12H,4,6,10H2,1-2H3,(H,19,21)/t12-/m1/s1. The largest absolute Gasteiger partial charge is 0.369 e. The number of nitriles is 1. The van der Waals surface area contributed by atoms with Gasteiger partial charge in [-0.2, -0.15) is 5.26 Å². The second kappa shape index (κ2) is 5.21. The number of hydrogen-bond acceptors (Lipinski definition) is 5. The van der Waals surface area contributed by atoms with Gasteiger partial charge in [0.25, 0.3) is 0 Å². The molecular weight excluding hydrogens is 288 g/mol. The van der Waals surface area contributed by atoms with Gasteiger partial charge in [-0.1, -0.05) is 0 Å². The zero-order valence-electron chi connectivity index (χ0n) is 13.2. The van der Waals surface area contributed by atoms with Crippen molar-refractivity contribution in [1.29, 1.82) is 5.26 Å². The Morgan fingerprint density at radius 2 is 2.26 bits per heavy atom. The van der Waals surface area contributed by atoms with Gasteiger partial charge >= 0.3 is 0 Å². The second-order valence-corrected chi connectivity index (χ2v) is 6.26. The summed E-state index contributed by atoms with van der Waals surface area (Å²) >= 11 is 0. The van der Waals surface area contributed by atoms with Crippen molar-refractivity contribution < 1.29 is 0 Å². The number of anilines is 1. The van der Waals surface area contributed by atoms with Gasteiger partial charge in [0.2, 0.25) is 0 Å². The molecule has 116 valence electrons. The fourth-order valence-corrected chi connectivity index (χ4v) is 3.41. The number of nitrogens with one attached hydrogen (secondary N) is 1. The van der Waals surface area contributed by atoms with Crippen LogP contribution in [0, 0.1) is 11.3 Å². The van der Waals surface area contributed by atoms with Crippen LogP contribution in [0.2, 0.25) is 0 Å². The summed E-state index contributed by atoms with van der Waals surface area (Å²) in [5.74, 6) is 0. The van der Waals surface area contributed by atoms with E-state index in [0.29, 0.717) is 11.7 Å². The molecule has 0 bridgehead atoms. The fraction of sp³-hybridized carbons (Fsp3) is 0.353. The van der Waals surface area contributed by atoms with Crippen molar-refractivity contribution in [2.24, 2.45) is 0 Å². The smallest absolute Gasteiger partial charge is 0.141 e. The molecule has 1 fully saturated rings. The van der Waals surface area contributed by atoms with Crippen LogP contribution in [-0.2, 0) is 0 Å². The highest BCUT2D eigenvalue weighted by Gasteiger charge is 2.26. The van der Waals surface area contributed by atoms with E-state index in [0.717, 1.165) is 41.4 Å². The van der Waals surface area contributed by atoms with Gasteiger partial charge < -0.3 is 14.8 Å². The lowest BCUT2D eigenvalue weighted by atomic mass is 10.1. The minimum absolute atomic E-state index is 0.431. The van der Waals surface area contributed by atoms with Crippen LogP contribution in [0.25, 0.3) is 21.9 Å². The third kappa shape index (κ3) is 2.21. The molecule has 1 aliphatic heterocycles. The van der Waals surface area contributed by atoms with Crippen LogP contribution in [0.1, 0.15) is 12.1 Å². The van der Waals surface area contributed by atoms with Crippen LogP contribution in [0.15, 0.2) is 24.5 Å². The summed E-state index contributed by atoms with van der Waals surface area (Å²) < 4.78 is 0. The fourth-order valence-electron chi connectivity index (χ4n) is 3.41. The molecule has 23 heavy (non-hydrogen) atoms. The molecule has 0 saturated carbocycles. The van der Waals surface area contributed by atoms with Crippen LogP contribution in [0.4, 0.5) is 5.69 Å². The zero-order valence-corrected chi connectivity index (χ0v) is 13.2. The molecule has 0 aliphatic carbocycles. The number of likely N-dealkylation sites (N-methyl/N-ethyl adjacent to an activating group) is 1. The number of hydrogen-bond donors (Lipinski definition) is 1. The SMILES string of the molecule is CN(C)[C@@H]1CCN(c2ccnc3[nH]c4cnc(C#N)cc4c23)C1. The molecule has 0 amide bonds. The summed E-state index contributed by atoms with van der Waals surface area (Å²) in [4.78, 5) is 16.6. The summed E-state index contributed by atoms with van der Waals surface area (Å²) in [6.45, 7) is 2.04. The maximum absolute atomic E-state index is 9.13. The molecule has 1 aliphatic rings. The Morgan fingerprint density at radius 3 is 3.00 bits per heavy atom. The van der Waals surface area contributed by atoms with Gasteiger partial charge in [0.1, 0.15) is 17.4 Å². The highest BCUT2D eigenvalue weighted by molar-refractivity contribution is 6.12. The molecular formula is C17H18N6. The van der Waals surface area contributed by atoms with Crippen LogP contribution in [-0.4, -0.2) is 53.1 Å². The Labute approximate surface area is 134 Å². The molecule has 1 N–H and O–H groups in total. The zero-order chi connectivity index (χ0) is 16.0. The van der Waals surface area contributed by atoms with E-state index in [1.807, 2.05) is 12.3 Å². The van der Waals surface area contributed by atoms with Crippen LogP contribution >= 0.6 is 0 Å². The Morgan fingerprint density at radius 1 is 1.39 bits per heavy atom. The minimum Gasteiger partial charge on any atom is -0.369 e. The molecule has 0 unspecified atom stereocenters. The lowest BCUT2D eigenvalue weighted by Gasteiger charge is -2.22. The number of nitrogens with zero attached hydrogens (tertiary/aromatic N) is 5. The lowest BCUT2D eigenvalue weighted by molar-refractivity contribution is 0.315. The third-order valence-electron chi connectivity index (χ3n) is 4.70. The summed E-state index contributed by atoms with van der Waals surface area (Å²) in [6, 6.07) is 6.60. The first-order chi connectivity index (χ1) is 11.2. The van der Waals surface area contributed by atoms with E-state index in [2.05, 4.69) is 51.0 Å². The number of fused-ring (bicyclic) bond motifs is 3. The molecule has 4 rings (SSSR count). The maximum atomic E-state index is 9.13. The van der Waals surface area contributed by atoms with Gasteiger partial charge in [-0.3, -0.25) is 0 Å². The first-order valence-electron chi connectivity index (χ1n) is 7.75. The predicted molar refractivity (Wildman–Crippen MR) is 90.4 cm³/mol. The normalized spacial score (nSPS) is 18.2. The molecule has 0 radical (unpaired) electrons. The Bertz CT molecular complexity index is 920. The molecule has 1 atom stereocenters. The first-order valence-corrected chi connectivity index (χ1v) is 7.75. The van der Waals surface area contributed by atoms with Crippen molar-refractivity contribution in [1.82, 2.24) is 19.9 Å². The quantitative estimate of drug-likeness (QED) is 0.785. The average Bonchev–Trinajstić information content (AvgIpc) is 3.18. The number of aromatic nitrogens is 3. The van der Waals surface area contributed by atoms with E-state index in [4.69, 9.17) is 5.26 Å². The average molecular weight is 306 g/mol. The number of rotatable bonds is 2. The summed E-state index contributed by atoms with van der Waals surface area (Å²) in [5.41, 5.74) is 3.38. The van der Waals surface area contributed by atoms with Gasteiger partial charge in [-0.25, -0.2) is 9.97 Å². The predicted octanol–water partition coefficient (Wildman–Crippen LogP) is 2.12. The number of H-pyrrole nitrogens is 1. The molecule has 6 nitrogen and oxygen atoms in total. The van der Waals surface area contributed by atoms with E-state index in [9.17, 15) is 0 Å². The summed E-state index contributed by atoms with van der Waals surface area (Å²) in [7, 11) is 4.26. The van der Waals surface area contributed by atoms with Crippen molar-refractivity contribution in [2.45, 2.75) is 12.5 Å². The minimum atomic E-state index is 0.431. The van der Waals surface area contributed by atoms with Gasteiger partial charge in [-0.15, -0.1) is 0 Å². The number of aromatic amines is 1. The Hall–Kier alpha value is -2.65. The number of pyridine rings is 2. The molecule has 3 aromatic heterocycles. The first kappa shape index (κ1) is 14.0. The Balaban J connectivity index is 1.88. The molecule has 1 saturated heterocycles. The van der Waals surface area contributed by atoms with Crippen molar-refractivity contribution in [3.63, 3.8) is 0 Å². The lowest BCUT2D eigenvalue weighted by Crippen LogP contribution is -2.31. The summed E-state index contributed by atoms with van der Waals surface area (Å²) in [6.07, 6.45) is 4.71. The van der Waals surface area contributed by atoms with E-state index in [1.165, 1.54) is 5.69 Å². The van der Waals surface area contributed by atoms with E-state index >= 15 is 0 Å². The van der Waals surface area contributed by atoms with Gasteiger partial charge in [0.15, 0.2) is 0 Å². The van der Waals surface area contributed by atoms with Gasteiger partial charge in [-0.05, 0) is 32.6 Å². The third-order valence-corrected chi connectivity index (χ3v) is 4.70. The monoisotopic (exact) mass is 306 g/mol. The van der Waals surface area contributed by atoms with E-state index < -0.39 is 0 Å². The molecule has 0 aromatic carbocycles. The van der Waals surface area contributed by atoms with Crippen LogP contribution in [0.5, 0.6) is 0 Å². The van der Waals surface area contributed by atoms with E-state index in [-0.39, 0.29) is 0 Å². The molecule has 3 aromatic rings.